The van der Waals surface area contributed by atoms with Crippen molar-refractivity contribution in [2.75, 3.05) is 49.3 Å². The molecule has 0 atom stereocenters. The van der Waals surface area contributed by atoms with E-state index in [2.05, 4.69) is 15.4 Å². The topological polar surface area (TPSA) is 99.3 Å². The molecule has 1 aliphatic carbocycles. The number of hydrogen-bond donors (Lipinski definition) is 3. The molecule has 1 heterocycles. The summed E-state index contributed by atoms with van der Waals surface area (Å²) in [7, 11) is 0.270. The minimum atomic E-state index is -3.65. The Labute approximate surface area is 270 Å². The van der Waals surface area contributed by atoms with Crippen LogP contribution in [0.15, 0.2) is 89.8 Å². The lowest BCUT2D eigenvalue weighted by Crippen LogP contribution is -2.32. The van der Waals surface area contributed by atoms with Gasteiger partial charge in [0.25, 0.3) is 0 Å². The van der Waals surface area contributed by atoms with Gasteiger partial charge in [-0.2, -0.15) is 4.98 Å². The van der Waals surface area contributed by atoms with Crippen molar-refractivity contribution in [3.63, 3.8) is 0 Å². The summed E-state index contributed by atoms with van der Waals surface area (Å²) in [5.74, 6) is 1.89. The Bertz CT molecular complexity index is 1910. The lowest BCUT2D eigenvalue weighted by Gasteiger charge is -2.29. The number of anilines is 3. The number of nitrogens with one attached hydrogen (secondary N) is 3. The number of sulfonamides is 1. The summed E-state index contributed by atoms with van der Waals surface area (Å²) in [5, 5.41) is 9.52. The Morgan fingerprint density at radius 1 is 0.761 bits per heavy atom. The summed E-state index contributed by atoms with van der Waals surface area (Å²) in [4.78, 5) is 11.9. The van der Waals surface area contributed by atoms with E-state index in [4.69, 9.17) is 9.97 Å². The number of halogens is 1. The molecule has 5 aromatic rings. The molecule has 10 heteroatoms. The molecule has 0 amide bonds. The third-order valence-corrected chi connectivity index (χ3v) is 10.4. The van der Waals surface area contributed by atoms with E-state index in [1.54, 1.807) is 18.2 Å². The van der Waals surface area contributed by atoms with Crippen molar-refractivity contribution in [2.24, 2.45) is 11.8 Å². The van der Waals surface area contributed by atoms with Crippen LogP contribution in [-0.2, 0) is 16.4 Å². The second-order valence-electron chi connectivity index (χ2n) is 12.4. The number of rotatable bonds is 12. The van der Waals surface area contributed by atoms with Crippen molar-refractivity contribution < 1.29 is 12.8 Å². The van der Waals surface area contributed by atoms with Crippen molar-refractivity contribution >= 4 is 49.2 Å². The molecule has 1 aliphatic rings. The van der Waals surface area contributed by atoms with E-state index in [9.17, 15) is 12.8 Å². The van der Waals surface area contributed by atoms with E-state index in [1.165, 1.54) is 12.1 Å². The second-order valence-corrected chi connectivity index (χ2v) is 14.1. The number of para-hydroxylation sites is 1. The average molecular weight is 641 g/mol. The fourth-order valence-corrected chi connectivity index (χ4v) is 7.67. The highest BCUT2D eigenvalue weighted by molar-refractivity contribution is 7.89. The molecule has 0 aliphatic heterocycles. The first kappa shape index (κ1) is 31.7. The fourth-order valence-electron chi connectivity index (χ4n) is 6.34. The summed E-state index contributed by atoms with van der Waals surface area (Å²) in [6, 6.07) is 25.8. The molecule has 4 aromatic carbocycles. The molecule has 0 spiro atoms. The van der Waals surface area contributed by atoms with Gasteiger partial charge in [0.15, 0.2) is 0 Å². The Morgan fingerprint density at radius 2 is 1.43 bits per heavy atom. The SMILES string of the molecule is CN(C)c1cccc2c(S(=O)(=O)NC[C@H]3CC[C@H](CNc4nc(NCCc5ccc(F)cc5)c5ccccc5n4)CC3)cccc12. The predicted molar refractivity (Wildman–Crippen MR) is 186 cm³/mol. The van der Waals surface area contributed by atoms with Gasteiger partial charge in [0, 0.05) is 55.6 Å². The van der Waals surface area contributed by atoms with E-state index in [0.29, 0.717) is 35.8 Å². The molecule has 1 saturated carbocycles. The lowest BCUT2D eigenvalue weighted by atomic mass is 9.82. The molecule has 6 rings (SSSR count). The van der Waals surface area contributed by atoms with Gasteiger partial charge >= 0.3 is 0 Å². The molecule has 1 fully saturated rings. The van der Waals surface area contributed by atoms with Gasteiger partial charge in [0.05, 0.1) is 10.4 Å². The van der Waals surface area contributed by atoms with Crippen molar-refractivity contribution in [1.29, 1.82) is 0 Å². The summed E-state index contributed by atoms with van der Waals surface area (Å²) < 4.78 is 43.0. The van der Waals surface area contributed by atoms with Crippen LogP contribution >= 0.6 is 0 Å². The maximum absolute atomic E-state index is 13.4. The second kappa shape index (κ2) is 14.0. The van der Waals surface area contributed by atoms with E-state index >= 15 is 0 Å². The van der Waals surface area contributed by atoms with E-state index in [-0.39, 0.29) is 5.82 Å². The van der Waals surface area contributed by atoms with Crippen molar-refractivity contribution in [1.82, 2.24) is 14.7 Å². The summed E-state index contributed by atoms with van der Waals surface area (Å²) in [6.45, 7) is 1.86. The van der Waals surface area contributed by atoms with Crippen LogP contribution in [0, 0.1) is 17.7 Å². The first-order valence-corrected chi connectivity index (χ1v) is 17.4. The van der Waals surface area contributed by atoms with Crippen molar-refractivity contribution in [3.8, 4) is 0 Å². The smallest absolute Gasteiger partial charge is 0.241 e. The Hall–Kier alpha value is -4.28. The van der Waals surface area contributed by atoms with Crippen molar-refractivity contribution in [2.45, 2.75) is 37.0 Å². The van der Waals surface area contributed by atoms with Crippen LogP contribution in [0.4, 0.5) is 21.8 Å². The van der Waals surface area contributed by atoms with Gasteiger partial charge < -0.3 is 15.5 Å². The number of hydrogen-bond acceptors (Lipinski definition) is 7. The van der Waals surface area contributed by atoms with Gasteiger partial charge in [-0.3, -0.25) is 0 Å². The van der Waals surface area contributed by atoms with Gasteiger partial charge in [0.1, 0.15) is 11.6 Å². The maximum atomic E-state index is 13.4. The largest absolute Gasteiger partial charge is 0.377 e. The van der Waals surface area contributed by atoms with E-state index in [1.807, 2.05) is 73.6 Å². The molecule has 0 saturated heterocycles. The first-order chi connectivity index (χ1) is 22.3. The minimum absolute atomic E-state index is 0.233. The van der Waals surface area contributed by atoms with Crippen LogP contribution in [0.3, 0.4) is 0 Å². The highest BCUT2D eigenvalue weighted by Crippen LogP contribution is 2.32. The molecule has 8 nitrogen and oxygen atoms in total. The summed E-state index contributed by atoms with van der Waals surface area (Å²) in [5.41, 5.74) is 2.91. The first-order valence-electron chi connectivity index (χ1n) is 15.9. The van der Waals surface area contributed by atoms with Crippen LogP contribution in [-0.4, -0.2) is 52.1 Å². The number of nitrogens with zero attached hydrogens (tertiary/aromatic N) is 3. The zero-order chi connectivity index (χ0) is 32.1. The highest BCUT2D eigenvalue weighted by Gasteiger charge is 2.25. The Balaban J connectivity index is 1.02. The van der Waals surface area contributed by atoms with Crippen molar-refractivity contribution in [3.05, 3.63) is 96.3 Å². The Kier molecular flexibility index (Phi) is 9.65. The molecule has 0 radical (unpaired) electrons. The van der Waals surface area contributed by atoms with Gasteiger partial charge in [0.2, 0.25) is 16.0 Å². The van der Waals surface area contributed by atoms with Crippen LogP contribution in [0.1, 0.15) is 31.2 Å². The highest BCUT2D eigenvalue weighted by atomic mass is 32.2. The zero-order valence-electron chi connectivity index (χ0n) is 26.3. The average Bonchev–Trinajstić information content (AvgIpc) is 3.07. The minimum Gasteiger partial charge on any atom is -0.377 e. The van der Waals surface area contributed by atoms with E-state index < -0.39 is 10.0 Å². The number of fused-ring (bicyclic) bond motifs is 2. The molecule has 46 heavy (non-hydrogen) atoms. The number of benzene rings is 4. The Morgan fingerprint density at radius 3 is 2.20 bits per heavy atom. The molecule has 0 unspecified atom stereocenters. The van der Waals surface area contributed by atoms with Gasteiger partial charge in [-0.1, -0.05) is 48.5 Å². The van der Waals surface area contributed by atoms with Gasteiger partial charge in [-0.05, 0) is 85.9 Å². The zero-order valence-corrected chi connectivity index (χ0v) is 27.2. The quantitative estimate of drug-likeness (QED) is 0.137. The molecular formula is C36H41FN6O2S. The standard InChI is InChI=1S/C36H41FN6O2S/c1-43(2)33-11-5-9-30-29(33)8-6-12-34(30)46(44,45)40-24-27-15-13-26(14-16-27)23-39-36-41-32-10-4-3-7-31(32)35(42-36)38-22-21-25-17-19-28(37)20-18-25/h3-12,17-20,26-27,40H,13-16,21-24H2,1-2H3,(H2,38,39,41,42)/t26-,27-. The third-order valence-electron chi connectivity index (χ3n) is 8.93. The lowest BCUT2D eigenvalue weighted by molar-refractivity contribution is 0.284. The van der Waals surface area contributed by atoms with Gasteiger partial charge in [-0.25, -0.2) is 22.5 Å². The third kappa shape index (κ3) is 7.40. The normalized spacial score (nSPS) is 16.8. The molecule has 3 N–H and O–H groups in total. The molecule has 1 aromatic heterocycles. The van der Waals surface area contributed by atoms with E-state index in [0.717, 1.165) is 77.4 Å². The number of aromatic nitrogens is 2. The van der Waals surface area contributed by atoms with Crippen LogP contribution in [0.5, 0.6) is 0 Å². The summed E-state index contributed by atoms with van der Waals surface area (Å²) in [6.07, 6.45) is 4.69. The fraction of sp³-hybridized carbons (Fsp3) is 0.333. The monoisotopic (exact) mass is 640 g/mol. The molecular weight excluding hydrogens is 600 g/mol. The van der Waals surface area contributed by atoms with Crippen LogP contribution in [0.2, 0.25) is 0 Å². The summed E-state index contributed by atoms with van der Waals surface area (Å²) >= 11 is 0. The van der Waals surface area contributed by atoms with Gasteiger partial charge in [-0.15, -0.1) is 0 Å². The predicted octanol–water partition coefficient (Wildman–Crippen LogP) is 6.84. The van der Waals surface area contributed by atoms with Crippen LogP contribution in [0.25, 0.3) is 21.7 Å². The molecule has 240 valence electrons. The maximum Gasteiger partial charge on any atom is 0.241 e. The molecule has 0 bridgehead atoms. The van der Waals surface area contributed by atoms with Crippen LogP contribution < -0.4 is 20.3 Å².